The van der Waals surface area contributed by atoms with Gasteiger partial charge in [-0.25, -0.2) is 0 Å². The maximum absolute atomic E-state index is 11.2. The standard InChI is InChI=1S/C8H12N2O2/c1-3-6(2)10-8(11)7-4-5-9-12-7/h4-6H,3H2,1-2H3,(H,10,11). The minimum atomic E-state index is -0.207. The number of nitrogens with zero attached hydrogens (tertiary/aromatic N) is 1. The highest BCUT2D eigenvalue weighted by molar-refractivity contribution is 5.91. The van der Waals surface area contributed by atoms with Gasteiger partial charge in [0.1, 0.15) is 0 Å². The van der Waals surface area contributed by atoms with E-state index >= 15 is 0 Å². The molecule has 1 rings (SSSR count). The summed E-state index contributed by atoms with van der Waals surface area (Å²) >= 11 is 0. The Morgan fingerprint density at radius 1 is 1.83 bits per heavy atom. The highest BCUT2D eigenvalue weighted by Crippen LogP contribution is 1.97. The smallest absolute Gasteiger partial charge is 0.290 e. The van der Waals surface area contributed by atoms with Gasteiger partial charge in [-0.2, -0.15) is 0 Å². The third-order valence-electron chi connectivity index (χ3n) is 1.65. The molecule has 1 amide bonds. The lowest BCUT2D eigenvalue weighted by atomic mass is 10.2. The van der Waals surface area contributed by atoms with E-state index in [-0.39, 0.29) is 17.7 Å². The molecule has 0 fully saturated rings. The van der Waals surface area contributed by atoms with E-state index in [1.54, 1.807) is 0 Å². The molecular formula is C8H12N2O2. The Bertz CT molecular complexity index is 244. The molecule has 12 heavy (non-hydrogen) atoms. The van der Waals surface area contributed by atoms with E-state index in [4.69, 9.17) is 0 Å². The first kappa shape index (κ1) is 8.77. The summed E-state index contributed by atoms with van der Waals surface area (Å²) in [4.78, 5) is 11.2. The van der Waals surface area contributed by atoms with Gasteiger partial charge in [-0.15, -0.1) is 0 Å². The molecule has 0 saturated carbocycles. The van der Waals surface area contributed by atoms with Crippen molar-refractivity contribution >= 4 is 5.91 Å². The van der Waals surface area contributed by atoms with Gasteiger partial charge in [0, 0.05) is 12.1 Å². The normalized spacial score (nSPS) is 12.5. The van der Waals surface area contributed by atoms with Crippen molar-refractivity contribution in [1.29, 1.82) is 0 Å². The van der Waals surface area contributed by atoms with Crippen molar-refractivity contribution in [1.82, 2.24) is 10.5 Å². The first-order valence-electron chi connectivity index (χ1n) is 3.95. The quantitative estimate of drug-likeness (QED) is 0.737. The zero-order valence-electron chi connectivity index (χ0n) is 7.20. The Kier molecular flexibility index (Phi) is 2.85. The molecule has 1 atom stereocenters. The number of nitrogens with one attached hydrogen (secondary N) is 1. The number of hydrogen-bond donors (Lipinski definition) is 1. The fourth-order valence-electron chi connectivity index (χ4n) is 0.730. The molecule has 4 nitrogen and oxygen atoms in total. The maximum Gasteiger partial charge on any atom is 0.290 e. The van der Waals surface area contributed by atoms with Crippen LogP contribution in [0.1, 0.15) is 30.8 Å². The lowest BCUT2D eigenvalue weighted by Crippen LogP contribution is -2.31. The van der Waals surface area contributed by atoms with Crippen LogP contribution in [0.3, 0.4) is 0 Å². The van der Waals surface area contributed by atoms with E-state index < -0.39 is 0 Å². The average Bonchev–Trinajstić information content (AvgIpc) is 2.56. The second-order valence-electron chi connectivity index (χ2n) is 2.66. The molecule has 1 aromatic rings. The molecule has 0 spiro atoms. The summed E-state index contributed by atoms with van der Waals surface area (Å²) in [6, 6.07) is 1.71. The monoisotopic (exact) mass is 168 g/mol. The third kappa shape index (κ3) is 2.08. The van der Waals surface area contributed by atoms with Crippen LogP contribution < -0.4 is 5.32 Å². The van der Waals surface area contributed by atoms with Gasteiger partial charge in [-0.3, -0.25) is 4.79 Å². The maximum atomic E-state index is 11.2. The summed E-state index contributed by atoms with van der Waals surface area (Å²) < 4.78 is 4.68. The van der Waals surface area contributed by atoms with Crippen molar-refractivity contribution in [2.75, 3.05) is 0 Å². The minimum Gasteiger partial charge on any atom is -0.351 e. The molecule has 0 bridgehead atoms. The lowest BCUT2D eigenvalue weighted by Gasteiger charge is -2.08. The van der Waals surface area contributed by atoms with Crippen LogP contribution in [0.25, 0.3) is 0 Å². The molecule has 0 aliphatic rings. The zero-order chi connectivity index (χ0) is 8.97. The molecule has 1 heterocycles. The molecule has 0 radical (unpaired) electrons. The Hall–Kier alpha value is -1.32. The largest absolute Gasteiger partial charge is 0.351 e. The number of hydrogen-bond acceptors (Lipinski definition) is 3. The molecule has 66 valence electrons. The molecule has 0 aliphatic heterocycles. The summed E-state index contributed by atoms with van der Waals surface area (Å²) in [7, 11) is 0. The van der Waals surface area contributed by atoms with Crippen molar-refractivity contribution in [2.45, 2.75) is 26.3 Å². The molecular weight excluding hydrogens is 156 g/mol. The van der Waals surface area contributed by atoms with Crippen molar-refractivity contribution < 1.29 is 9.32 Å². The molecule has 1 aromatic heterocycles. The SMILES string of the molecule is CCC(C)NC(=O)c1ccno1. The lowest BCUT2D eigenvalue weighted by molar-refractivity contribution is 0.0902. The predicted octanol–water partition coefficient (Wildman–Crippen LogP) is 1.20. The van der Waals surface area contributed by atoms with Crippen molar-refractivity contribution in [3.8, 4) is 0 Å². The number of amides is 1. The van der Waals surface area contributed by atoms with E-state index in [9.17, 15) is 4.79 Å². The number of carbonyl (C=O) groups excluding carboxylic acids is 1. The Labute approximate surface area is 70.9 Å². The molecule has 1 N–H and O–H groups in total. The second-order valence-corrected chi connectivity index (χ2v) is 2.66. The Morgan fingerprint density at radius 2 is 2.58 bits per heavy atom. The third-order valence-corrected chi connectivity index (χ3v) is 1.65. The van der Waals surface area contributed by atoms with E-state index in [1.807, 2.05) is 13.8 Å². The van der Waals surface area contributed by atoms with Crippen LogP contribution in [0.15, 0.2) is 16.8 Å². The second kappa shape index (κ2) is 3.90. The van der Waals surface area contributed by atoms with Crippen LogP contribution in [-0.4, -0.2) is 17.1 Å². The average molecular weight is 168 g/mol. The van der Waals surface area contributed by atoms with Crippen molar-refractivity contribution in [3.05, 3.63) is 18.0 Å². The Balaban J connectivity index is 2.50. The van der Waals surface area contributed by atoms with E-state index in [0.29, 0.717) is 0 Å². The topological polar surface area (TPSA) is 55.1 Å². The van der Waals surface area contributed by atoms with Gasteiger partial charge in [0.25, 0.3) is 5.91 Å². The molecule has 1 unspecified atom stereocenters. The van der Waals surface area contributed by atoms with Gasteiger partial charge in [0.15, 0.2) is 0 Å². The van der Waals surface area contributed by atoms with Crippen LogP contribution in [0.2, 0.25) is 0 Å². The van der Waals surface area contributed by atoms with Crippen molar-refractivity contribution in [2.24, 2.45) is 0 Å². The first-order chi connectivity index (χ1) is 5.74. The minimum absolute atomic E-state index is 0.169. The summed E-state index contributed by atoms with van der Waals surface area (Å²) in [6.45, 7) is 3.94. The van der Waals surface area contributed by atoms with Gasteiger partial charge >= 0.3 is 0 Å². The van der Waals surface area contributed by atoms with Gasteiger partial charge in [-0.1, -0.05) is 12.1 Å². The predicted molar refractivity (Wildman–Crippen MR) is 43.7 cm³/mol. The number of rotatable bonds is 3. The summed E-state index contributed by atoms with van der Waals surface area (Å²) in [5, 5.41) is 6.20. The van der Waals surface area contributed by atoms with E-state index in [2.05, 4.69) is 15.0 Å². The van der Waals surface area contributed by atoms with Gasteiger partial charge in [0.05, 0.1) is 6.20 Å². The number of carbonyl (C=O) groups is 1. The van der Waals surface area contributed by atoms with Gasteiger partial charge in [0.2, 0.25) is 5.76 Å². The van der Waals surface area contributed by atoms with E-state index in [0.717, 1.165) is 6.42 Å². The summed E-state index contributed by atoms with van der Waals surface area (Å²) in [5.74, 6) is 0.0529. The number of aromatic nitrogens is 1. The Morgan fingerprint density at radius 3 is 3.08 bits per heavy atom. The fourth-order valence-corrected chi connectivity index (χ4v) is 0.730. The first-order valence-corrected chi connectivity index (χ1v) is 3.95. The fraction of sp³-hybridized carbons (Fsp3) is 0.500. The molecule has 4 heteroatoms. The highest BCUT2D eigenvalue weighted by Gasteiger charge is 2.10. The van der Waals surface area contributed by atoms with Crippen molar-refractivity contribution in [3.63, 3.8) is 0 Å². The van der Waals surface area contributed by atoms with Crippen LogP contribution in [0, 0.1) is 0 Å². The zero-order valence-corrected chi connectivity index (χ0v) is 7.20. The highest BCUT2D eigenvalue weighted by atomic mass is 16.5. The van der Waals surface area contributed by atoms with Crippen LogP contribution in [-0.2, 0) is 0 Å². The summed E-state index contributed by atoms with van der Waals surface area (Å²) in [6.07, 6.45) is 2.35. The van der Waals surface area contributed by atoms with Gasteiger partial charge in [-0.05, 0) is 13.3 Å². The van der Waals surface area contributed by atoms with Crippen LogP contribution in [0.5, 0.6) is 0 Å². The van der Waals surface area contributed by atoms with E-state index in [1.165, 1.54) is 12.3 Å². The summed E-state index contributed by atoms with van der Waals surface area (Å²) in [5.41, 5.74) is 0. The van der Waals surface area contributed by atoms with Crippen LogP contribution in [0.4, 0.5) is 0 Å². The van der Waals surface area contributed by atoms with Gasteiger partial charge < -0.3 is 9.84 Å². The molecule has 0 aliphatic carbocycles. The molecule has 0 aromatic carbocycles. The molecule has 0 saturated heterocycles. The van der Waals surface area contributed by atoms with Crippen LogP contribution >= 0.6 is 0 Å².